The molecule has 0 heterocycles. The molecule has 0 spiro atoms. The van der Waals surface area contributed by atoms with Crippen LogP contribution in [0.15, 0.2) is 29.2 Å². The predicted molar refractivity (Wildman–Crippen MR) is 84.1 cm³/mol. The van der Waals surface area contributed by atoms with Gasteiger partial charge >= 0.3 is 0 Å². The topological polar surface area (TPSA) is 41.6 Å². The Morgan fingerprint density at radius 3 is 2.90 bits per heavy atom. The number of carbonyl (C=O) groups is 1. The molecule has 0 saturated carbocycles. The normalized spacial score (nSPS) is 10.9. The molecule has 0 bridgehead atoms. The van der Waals surface area contributed by atoms with Crippen molar-refractivity contribution in [3.63, 3.8) is 0 Å². The van der Waals surface area contributed by atoms with Crippen LogP contribution in [0.5, 0.6) is 0 Å². The zero-order valence-corrected chi connectivity index (χ0v) is 13.4. The highest BCUT2D eigenvalue weighted by Gasteiger charge is 2.07. The van der Waals surface area contributed by atoms with Crippen LogP contribution in [0.25, 0.3) is 0 Å². The Hall–Kier alpha value is -1.11. The number of amides is 1. The second-order valence-corrected chi connectivity index (χ2v) is 5.85. The summed E-state index contributed by atoms with van der Waals surface area (Å²) in [6, 6.07) is 6.73. The molecule has 1 aromatic rings. The number of rotatable bonds is 10. The molecule has 1 N–H and O–H groups in total. The molecule has 0 fully saturated rings. The summed E-state index contributed by atoms with van der Waals surface area (Å²) in [6.07, 6.45) is 0.815. The van der Waals surface area contributed by atoms with Gasteiger partial charge in [-0.05, 0) is 25.6 Å². The van der Waals surface area contributed by atoms with Gasteiger partial charge in [-0.2, -0.15) is 0 Å². The lowest BCUT2D eigenvalue weighted by atomic mass is 10.3. The largest absolute Gasteiger partial charge is 0.385 e. The van der Waals surface area contributed by atoms with Crippen molar-refractivity contribution in [2.75, 3.05) is 46.2 Å². The monoisotopic (exact) mass is 314 g/mol. The predicted octanol–water partition coefficient (Wildman–Crippen LogP) is 2.00. The van der Waals surface area contributed by atoms with Gasteiger partial charge in [0.1, 0.15) is 5.82 Å². The minimum absolute atomic E-state index is 0.00416. The maximum atomic E-state index is 13.4. The molecule has 0 saturated heterocycles. The molecular formula is C15H23FN2O2S. The molecule has 0 aliphatic rings. The van der Waals surface area contributed by atoms with Gasteiger partial charge in [0.05, 0.1) is 6.54 Å². The Kier molecular flexibility index (Phi) is 9.05. The van der Waals surface area contributed by atoms with Crippen LogP contribution in [0.3, 0.4) is 0 Å². The number of hydrogen-bond acceptors (Lipinski definition) is 4. The molecule has 1 rings (SSSR count). The molecule has 0 aliphatic heterocycles. The molecule has 118 valence electrons. The molecule has 4 nitrogen and oxygen atoms in total. The van der Waals surface area contributed by atoms with Crippen molar-refractivity contribution < 1.29 is 13.9 Å². The first kappa shape index (κ1) is 17.9. The molecule has 0 aliphatic carbocycles. The van der Waals surface area contributed by atoms with Crippen LogP contribution in [0.1, 0.15) is 6.42 Å². The summed E-state index contributed by atoms with van der Waals surface area (Å²) in [5.41, 5.74) is 0. The van der Waals surface area contributed by atoms with E-state index in [9.17, 15) is 9.18 Å². The van der Waals surface area contributed by atoms with E-state index in [1.807, 2.05) is 18.0 Å². The van der Waals surface area contributed by atoms with Crippen molar-refractivity contribution in [3.8, 4) is 0 Å². The lowest BCUT2D eigenvalue weighted by Gasteiger charge is -2.16. The minimum Gasteiger partial charge on any atom is -0.385 e. The SMILES string of the molecule is COCCCNC(=O)CN(C)CCSc1ccccc1F. The van der Waals surface area contributed by atoms with Crippen molar-refractivity contribution in [1.29, 1.82) is 0 Å². The van der Waals surface area contributed by atoms with E-state index in [2.05, 4.69) is 5.32 Å². The first-order valence-electron chi connectivity index (χ1n) is 6.95. The highest BCUT2D eigenvalue weighted by atomic mass is 32.2. The van der Waals surface area contributed by atoms with Gasteiger partial charge in [-0.1, -0.05) is 12.1 Å². The third kappa shape index (κ3) is 8.04. The Morgan fingerprint density at radius 2 is 2.19 bits per heavy atom. The summed E-state index contributed by atoms with van der Waals surface area (Å²) in [4.78, 5) is 14.2. The van der Waals surface area contributed by atoms with E-state index in [0.29, 0.717) is 24.6 Å². The number of likely N-dealkylation sites (N-methyl/N-ethyl adjacent to an activating group) is 1. The molecule has 0 unspecified atom stereocenters. The van der Waals surface area contributed by atoms with Crippen LogP contribution in [-0.2, 0) is 9.53 Å². The van der Waals surface area contributed by atoms with Gasteiger partial charge in [0, 0.05) is 37.5 Å². The number of hydrogen-bond donors (Lipinski definition) is 1. The number of benzene rings is 1. The third-order valence-electron chi connectivity index (χ3n) is 2.83. The van der Waals surface area contributed by atoms with Gasteiger partial charge < -0.3 is 10.1 Å². The first-order chi connectivity index (χ1) is 10.1. The maximum absolute atomic E-state index is 13.4. The van der Waals surface area contributed by atoms with Crippen LogP contribution in [0.2, 0.25) is 0 Å². The second kappa shape index (κ2) is 10.6. The highest BCUT2D eigenvalue weighted by Crippen LogP contribution is 2.20. The van der Waals surface area contributed by atoms with Gasteiger partial charge in [0.2, 0.25) is 5.91 Å². The van der Waals surface area contributed by atoms with Gasteiger partial charge in [-0.25, -0.2) is 4.39 Å². The van der Waals surface area contributed by atoms with E-state index in [-0.39, 0.29) is 11.7 Å². The van der Waals surface area contributed by atoms with E-state index < -0.39 is 0 Å². The van der Waals surface area contributed by atoms with Crippen molar-refractivity contribution >= 4 is 17.7 Å². The number of halogens is 1. The lowest BCUT2D eigenvalue weighted by molar-refractivity contribution is -0.121. The van der Waals surface area contributed by atoms with Crippen molar-refractivity contribution in [2.24, 2.45) is 0 Å². The van der Waals surface area contributed by atoms with Crippen LogP contribution in [-0.4, -0.2) is 57.0 Å². The molecule has 1 aromatic carbocycles. The summed E-state index contributed by atoms with van der Waals surface area (Å²) in [5.74, 6) is 0.555. The number of ether oxygens (including phenoxy) is 1. The third-order valence-corrected chi connectivity index (χ3v) is 3.86. The van der Waals surface area contributed by atoms with Crippen molar-refractivity contribution in [1.82, 2.24) is 10.2 Å². The van der Waals surface area contributed by atoms with Crippen LogP contribution in [0, 0.1) is 5.82 Å². The van der Waals surface area contributed by atoms with Gasteiger partial charge in [0.15, 0.2) is 0 Å². The van der Waals surface area contributed by atoms with Crippen LogP contribution in [0.4, 0.5) is 4.39 Å². The van der Waals surface area contributed by atoms with E-state index in [1.54, 1.807) is 19.2 Å². The summed E-state index contributed by atoms with van der Waals surface area (Å²) < 4.78 is 18.3. The van der Waals surface area contributed by atoms with Gasteiger partial charge in [-0.15, -0.1) is 11.8 Å². The maximum Gasteiger partial charge on any atom is 0.234 e. The zero-order valence-electron chi connectivity index (χ0n) is 12.6. The standard InChI is InChI=1S/C15H23FN2O2S/c1-18(12-15(19)17-8-5-10-20-2)9-11-21-14-7-4-3-6-13(14)16/h3-4,6-7H,5,8-12H2,1-2H3,(H,17,19). The minimum atomic E-state index is -0.193. The molecule has 6 heteroatoms. The fourth-order valence-corrected chi connectivity index (χ4v) is 2.70. The quantitative estimate of drug-likeness (QED) is 0.530. The zero-order chi connectivity index (χ0) is 15.5. The Balaban J connectivity index is 2.14. The average Bonchev–Trinajstić information content (AvgIpc) is 2.45. The van der Waals surface area contributed by atoms with E-state index in [4.69, 9.17) is 4.74 Å². The molecular weight excluding hydrogens is 291 g/mol. The van der Waals surface area contributed by atoms with Gasteiger partial charge in [-0.3, -0.25) is 9.69 Å². The number of nitrogens with zero attached hydrogens (tertiary/aromatic N) is 1. The summed E-state index contributed by atoms with van der Waals surface area (Å²) in [6.45, 7) is 2.36. The van der Waals surface area contributed by atoms with Crippen molar-refractivity contribution in [2.45, 2.75) is 11.3 Å². The van der Waals surface area contributed by atoms with E-state index in [1.165, 1.54) is 17.8 Å². The van der Waals surface area contributed by atoms with E-state index >= 15 is 0 Å². The number of methoxy groups -OCH3 is 1. The van der Waals surface area contributed by atoms with Gasteiger partial charge in [0.25, 0.3) is 0 Å². The van der Waals surface area contributed by atoms with Crippen molar-refractivity contribution in [3.05, 3.63) is 30.1 Å². The summed E-state index contributed by atoms with van der Waals surface area (Å²) in [5, 5.41) is 2.84. The van der Waals surface area contributed by atoms with Crippen LogP contribution < -0.4 is 5.32 Å². The molecule has 0 atom stereocenters. The average molecular weight is 314 g/mol. The summed E-state index contributed by atoms with van der Waals surface area (Å²) in [7, 11) is 3.53. The Morgan fingerprint density at radius 1 is 1.43 bits per heavy atom. The molecule has 21 heavy (non-hydrogen) atoms. The van der Waals surface area contributed by atoms with Crippen LogP contribution >= 0.6 is 11.8 Å². The first-order valence-corrected chi connectivity index (χ1v) is 7.93. The number of nitrogens with one attached hydrogen (secondary N) is 1. The Bertz CT molecular complexity index is 432. The molecule has 0 aromatic heterocycles. The number of carbonyl (C=O) groups excluding carboxylic acids is 1. The summed E-state index contributed by atoms with van der Waals surface area (Å²) >= 11 is 1.46. The highest BCUT2D eigenvalue weighted by molar-refractivity contribution is 7.99. The molecule has 0 radical (unpaired) electrons. The lowest BCUT2D eigenvalue weighted by Crippen LogP contribution is -2.36. The van der Waals surface area contributed by atoms with E-state index in [0.717, 1.165) is 18.7 Å². The number of thioether (sulfide) groups is 1. The fraction of sp³-hybridized carbons (Fsp3) is 0.533. The smallest absolute Gasteiger partial charge is 0.234 e. The molecule has 1 amide bonds. The second-order valence-electron chi connectivity index (χ2n) is 4.71. The fourth-order valence-electron chi connectivity index (χ4n) is 1.70. The Labute approximate surface area is 130 Å².